The van der Waals surface area contributed by atoms with Crippen LogP contribution in [0.4, 0.5) is 0 Å². The highest BCUT2D eigenvalue weighted by Crippen LogP contribution is 2.36. The minimum absolute atomic E-state index is 0.264. The topological polar surface area (TPSA) is 38.7 Å². The molecule has 17 heavy (non-hydrogen) atoms. The predicted molar refractivity (Wildman–Crippen MR) is 68.5 cm³/mol. The SMILES string of the molecule is COC(CC(C)(O)c1cccc(Cl)c1Cl)OC. The van der Waals surface area contributed by atoms with Gasteiger partial charge >= 0.3 is 0 Å². The van der Waals surface area contributed by atoms with Crippen molar-refractivity contribution in [3.63, 3.8) is 0 Å². The van der Waals surface area contributed by atoms with Crippen LogP contribution in [0.15, 0.2) is 18.2 Å². The summed E-state index contributed by atoms with van der Waals surface area (Å²) >= 11 is 12.0. The van der Waals surface area contributed by atoms with Crippen LogP contribution in [0, 0.1) is 0 Å². The molecule has 0 spiro atoms. The van der Waals surface area contributed by atoms with Crippen molar-refractivity contribution >= 4 is 23.2 Å². The Bertz CT molecular complexity index is 376. The van der Waals surface area contributed by atoms with E-state index in [1.807, 2.05) is 0 Å². The van der Waals surface area contributed by atoms with Crippen LogP contribution in [0.3, 0.4) is 0 Å². The molecule has 0 bridgehead atoms. The van der Waals surface area contributed by atoms with Crippen LogP contribution in [0.2, 0.25) is 10.0 Å². The van der Waals surface area contributed by atoms with Crippen molar-refractivity contribution in [2.24, 2.45) is 0 Å². The molecular formula is C12H16Cl2O3. The van der Waals surface area contributed by atoms with E-state index in [1.165, 1.54) is 14.2 Å². The van der Waals surface area contributed by atoms with Crippen LogP contribution >= 0.6 is 23.2 Å². The van der Waals surface area contributed by atoms with Gasteiger partial charge in [-0.05, 0) is 13.0 Å². The molecule has 1 atom stereocenters. The van der Waals surface area contributed by atoms with Crippen molar-refractivity contribution in [2.45, 2.75) is 25.2 Å². The van der Waals surface area contributed by atoms with Crippen molar-refractivity contribution in [1.82, 2.24) is 0 Å². The molecule has 0 aromatic heterocycles. The summed E-state index contributed by atoms with van der Waals surface area (Å²) in [6, 6.07) is 5.15. The first-order valence-electron chi connectivity index (χ1n) is 5.15. The first-order chi connectivity index (χ1) is 7.92. The van der Waals surface area contributed by atoms with Gasteiger partial charge in [0.05, 0.1) is 15.6 Å². The van der Waals surface area contributed by atoms with Gasteiger partial charge in [-0.2, -0.15) is 0 Å². The zero-order valence-electron chi connectivity index (χ0n) is 10.0. The van der Waals surface area contributed by atoms with E-state index < -0.39 is 11.9 Å². The predicted octanol–water partition coefficient (Wildman–Crippen LogP) is 3.21. The largest absolute Gasteiger partial charge is 0.385 e. The average Bonchev–Trinajstić information content (AvgIpc) is 2.29. The highest BCUT2D eigenvalue weighted by molar-refractivity contribution is 6.42. The highest BCUT2D eigenvalue weighted by Gasteiger charge is 2.30. The molecule has 1 rings (SSSR count). The van der Waals surface area contributed by atoms with E-state index >= 15 is 0 Å². The number of halogens is 2. The lowest BCUT2D eigenvalue weighted by atomic mass is 9.92. The Balaban J connectivity index is 3.00. The molecule has 1 aromatic carbocycles. The molecular weight excluding hydrogens is 263 g/mol. The van der Waals surface area contributed by atoms with Crippen molar-refractivity contribution in [3.8, 4) is 0 Å². The third-order valence-corrected chi connectivity index (χ3v) is 3.44. The minimum atomic E-state index is -1.17. The summed E-state index contributed by atoms with van der Waals surface area (Å²) in [5.74, 6) is 0. The number of benzene rings is 1. The van der Waals surface area contributed by atoms with Crippen LogP contribution in [-0.2, 0) is 15.1 Å². The zero-order chi connectivity index (χ0) is 13.1. The average molecular weight is 279 g/mol. The maximum atomic E-state index is 10.4. The number of hydrogen-bond acceptors (Lipinski definition) is 3. The fourth-order valence-corrected chi connectivity index (χ4v) is 2.12. The Hall–Kier alpha value is -0.320. The number of rotatable bonds is 5. The lowest BCUT2D eigenvalue weighted by Gasteiger charge is -2.28. The van der Waals surface area contributed by atoms with Gasteiger partial charge in [-0.1, -0.05) is 35.3 Å². The second kappa shape index (κ2) is 6.03. The van der Waals surface area contributed by atoms with E-state index in [1.54, 1.807) is 25.1 Å². The Morgan fingerprint density at radius 3 is 2.41 bits per heavy atom. The summed E-state index contributed by atoms with van der Waals surface area (Å²) in [6.07, 6.45) is -0.236. The van der Waals surface area contributed by atoms with Gasteiger partial charge in [0.25, 0.3) is 0 Å². The van der Waals surface area contributed by atoms with Gasteiger partial charge < -0.3 is 14.6 Å². The van der Waals surface area contributed by atoms with E-state index in [9.17, 15) is 5.11 Å². The second-order valence-electron chi connectivity index (χ2n) is 3.98. The maximum Gasteiger partial charge on any atom is 0.159 e. The molecule has 1 unspecified atom stereocenters. The molecule has 0 aliphatic carbocycles. The standard InChI is InChI=1S/C12H16Cl2O3/c1-12(15,7-10(16-2)17-3)8-5-4-6-9(13)11(8)14/h4-6,10,15H,7H2,1-3H3. The van der Waals surface area contributed by atoms with Crippen LogP contribution in [0.1, 0.15) is 18.9 Å². The minimum Gasteiger partial charge on any atom is -0.385 e. The van der Waals surface area contributed by atoms with E-state index in [0.29, 0.717) is 15.6 Å². The first-order valence-corrected chi connectivity index (χ1v) is 5.90. The van der Waals surface area contributed by atoms with Crippen molar-refractivity contribution < 1.29 is 14.6 Å². The van der Waals surface area contributed by atoms with Crippen molar-refractivity contribution in [2.75, 3.05) is 14.2 Å². The molecule has 0 saturated carbocycles. The van der Waals surface area contributed by atoms with Gasteiger partial charge in [0.2, 0.25) is 0 Å². The summed E-state index contributed by atoms with van der Waals surface area (Å²) in [4.78, 5) is 0. The highest BCUT2D eigenvalue weighted by atomic mass is 35.5. The summed E-state index contributed by atoms with van der Waals surface area (Å²) in [5.41, 5.74) is -0.607. The van der Waals surface area contributed by atoms with E-state index in [0.717, 1.165) is 0 Å². The smallest absolute Gasteiger partial charge is 0.159 e. The van der Waals surface area contributed by atoms with Crippen LogP contribution in [0.25, 0.3) is 0 Å². The first kappa shape index (κ1) is 14.7. The van der Waals surface area contributed by atoms with Crippen LogP contribution in [-0.4, -0.2) is 25.6 Å². The second-order valence-corrected chi connectivity index (χ2v) is 4.77. The molecule has 0 radical (unpaired) electrons. The van der Waals surface area contributed by atoms with Gasteiger partial charge in [-0.25, -0.2) is 0 Å². The Labute approximate surface area is 111 Å². The zero-order valence-corrected chi connectivity index (χ0v) is 11.5. The van der Waals surface area contributed by atoms with Gasteiger partial charge in [0.1, 0.15) is 0 Å². The fourth-order valence-electron chi connectivity index (χ4n) is 1.62. The van der Waals surface area contributed by atoms with Gasteiger partial charge in [0, 0.05) is 26.2 Å². The number of ether oxygens (including phenoxy) is 2. The summed E-state index contributed by atoms with van der Waals surface area (Å²) in [5, 5.41) is 11.2. The third kappa shape index (κ3) is 3.57. The molecule has 0 aliphatic heterocycles. The fraction of sp³-hybridized carbons (Fsp3) is 0.500. The molecule has 3 nitrogen and oxygen atoms in total. The molecule has 1 aromatic rings. The quantitative estimate of drug-likeness (QED) is 0.841. The van der Waals surface area contributed by atoms with E-state index in [2.05, 4.69) is 0 Å². The monoisotopic (exact) mass is 278 g/mol. The molecule has 0 fully saturated rings. The Morgan fingerprint density at radius 1 is 1.29 bits per heavy atom. The third-order valence-electron chi connectivity index (χ3n) is 2.62. The maximum absolute atomic E-state index is 10.4. The van der Waals surface area contributed by atoms with Gasteiger partial charge in [0.15, 0.2) is 6.29 Å². The van der Waals surface area contributed by atoms with Crippen LogP contribution < -0.4 is 0 Å². The molecule has 0 heterocycles. The normalized spacial score (nSPS) is 15.0. The molecule has 1 N–H and O–H groups in total. The molecule has 0 aliphatic rings. The summed E-state index contributed by atoms with van der Waals surface area (Å²) < 4.78 is 10.1. The number of methoxy groups -OCH3 is 2. The molecule has 0 saturated heterocycles. The summed E-state index contributed by atoms with van der Waals surface area (Å²) in [7, 11) is 3.04. The molecule has 5 heteroatoms. The van der Waals surface area contributed by atoms with E-state index in [-0.39, 0.29) is 6.42 Å². The van der Waals surface area contributed by atoms with Crippen molar-refractivity contribution in [3.05, 3.63) is 33.8 Å². The van der Waals surface area contributed by atoms with Gasteiger partial charge in [-0.3, -0.25) is 0 Å². The Kier molecular flexibility index (Phi) is 5.22. The molecule has 96 valence electrons. The number of aliphatic hydroxyl groups is 1. The van der Waals surface area contributed by atoms with E-state index in [4.69, 9.17) is 32.7 Å². The molecule has 0 amide bonds. The van der Waals surface area contributed by atoms with Crippen molar-refractivity contribution in [1.29, 1.82) is 0 Å². The lowest BCUT2D eigenvalue weighted by molar-refractivity contribution is -0.142. The Morgan fingerprint density at radius 2 is 1.88 bits per heavy atom. The van der Waals surface area contributed by atoms with Gasteiger partial charge in [-0.15, -0.1) is 0 Å². The summed E-state index contributed by atoms with van der Waals surface area (Å²) in [6.45, 7) is 1.65. The number of hydrogen-bond donors (Lipinski definition) is 1. The van der Waals surface area contributed by atoms with Crippen LogP contribution in [0.5, 0.6) is 0 Å². The lowest BCUT2D eigenvalue weighted by Crippen LogP contribution is -2.30.